The van der Waals surface area contributed by atoms with E-state index in [1.807, 2.05) is 0 Å². The minimum Gasteiger partial charge on any atom is -0.290 e. The summed E-state index contributed by atoms with van der Waals surface area (Å²) in [5.41, 5.74) is 0.0425. The van der Waals surface area contributed by atoms with Crippen molar-refractivity contribution in [1.82, 2.24) is 4.90 Å². The van der Waals surface area contributed by atoms with E-state index in [1.165, 1.54) is 23.9 Å². The summed E-state index contributed by atoms with van der Waals surface area (Å²) < 4.78 is 0. The lowest BCUT2D eigenvalue weighted by Gasteiger charge is -2.20. The van der Waals surface area contributed by atoms with E-state index in [9.17, 15) is 14.9 Å². The first-order valence-electron chi connectivity index (χ1n) is 6.98. The van der Waals surface area contributed by atoms with Crippen molar-refractivity contribution in [2.75, 3.05) is 12.3 Å². The standard InChI is InChI=1S/C14H15Cl2N3O3S/c1-3-8(2)6-18-12(20)7-23-14(18)17-13-10(15)4-9(19(21)22)5-11(13)16/h4-5,8H,3,6-7H2,1-2H3. The van der Waals surface area contributed by atoms with E-state index >= 15 is 0 Å². The van der Waals surface area contributed by atoms with Crippen molar-refractivity contribution in [3.63, 3.8) is 0 Å². The Kier molecular flexibility index (Phi) is 5.89. The van der Waals surface area contributed by atoms with Crippen LogP contribution in [0.15, 0.2) is 17.1 Å². The van der Waals surface area contributed by atoms with Crippen molar-refractivity contribution in [3.05, 3.63) is 32.3 Å². The van der Waals surface area contributed by atoms with Gasteiger partial charge in [0.1, 0.15) is 5.69 Å². The van der Waals surface area contributed by atoms with Crippen LogP contribution in [0.25, 0.3) is 0 Å². The number of aliphatic imine (C=N–C) groups is 1. The van der Waals surface area contributed by atoms with Crippen LogP contribution in [-0.2, 0) is 4.79 Å². The largest absolute Gasteiger partial charge is 0.290 e. The molecule has 1 amide bonds. The minimum absolute atomic E-state index is 0.0109. The molecule has 1 unspecified atom stereocenters. The van der Waals surface area contributed by atoms with Gasteiger partial charge in [-0.3, -0.25) is 19.8 Å². The highest BCUT2D eigenvalue weighted by Gasteiger charge is 2.29. The zero-order chi connectivity index (χ0) is 17.1. The molecule has 9 heteroatoms. The summed E-state index contributed by atoms with van der Waals surface area (Å²) in [6.07, 6.45) is 0.945. The minimum atomic E-state index is -0.572. The SMILES string of the molecule is CCC(C)CN1C(=O)CSC1=Nc1c(Cl)cc([N+](=O)[O-])cc1Cl. The molecule has 1 aliphatic heterocycles. The van der Waals surface area contributed by atoms with E-state index in [-0.39, 0.29) is 27.3 Å². The second kappa shape index (κ2) is 7.51. The lowest BCUT2D eigenvalue weighted by atomic mass is 10.1. The Morgan fingerprint density at radius 3 is 2.57 bits per heavy atom. The predicted molar refractivity (Wildman–Crippen MR) is 93.8 cm³/mol. The third kappa shape index (κ3) is 4.16. The summed E-state index contributed by atoms with van der Waals surface area (Å²) in [5.74, 6) is 0.645. The third-order valence-corrected chi connectivity index (χ3v) is 5.01. The summed E-state index contributed by atoms with van der Waals surface area (Å²) in [5, 5.41) is 11.5. The average molecular weight is 376 g/mol. The molecule has 0 saturated carbocycles. The van der Waals surface area contributed by atoms with Gasteiger partial charge in [-0.25, -0.2) is 4.99 Å². The molecule has 0 aliphatic carbocycles. The summed E-state index contributed by atoms with van der Waals surface area (Å²) in [6, 6.07) is 2.40. The molecule has 1 heterocycles. The number of amides is 1. The number of halogens is 2. The van der Waals surface area contributed by atoms with Crippen LogP contribution in [0.5, 0.6) is 0 Å². The Morgan fingerprint density at radius 1 is 1.43 bits per heavy atom. The number of thioether (sulfide) groups is 1. The van der Waals surface area contributed by atoms with Crippen LogP contribution in [0.2, 0.25) is 10.0 Å². The molecule has 124 valence electrons. The molecule has 6 nitrogen and oxygen atoms in total. The van der Waals surface area contributed by atoms with Gasteiger partial charge in [0.2, 0.25) is 5.91 Å². The zero-order valence-electron chi connectivity index (χ0n) is 12.6. The molecular formula is C14H15Cl2N3O3S. The highest BCUT2D eigenvalue weighted by molar-refractivity contribution is 8.15. The number of nitro benzene ring substituents is 1. The zero-order valence-corrected chi connectivity index (χ0v) is 14.9. The fraction of sp³-hybridized carbons (Fsp3) is 0.429. The summed E-state index contributed by atoms with van der Waals surface area (Å²) >= 11 is 13.4. The van der Waals surface area contributed by atoms with Crippen LogP contribution in [0, 0.1) is 16.0 Å². The number of nitro groups is 1. The number of carbonyl (C=O) groups excluding carboxylic acids is 1. The van der Waals surface area contributed by atoms with E-state index in [0.717, 1.165) is 6.42 Å². The number of carbonyl (C=O) groups is 1. The first kappa shape index (κ1) is 18.0. The van der Waals surface area contributed by atoms with Crippen LogP contribution in [0.4, 0.5) is 11.4 Å². The van der Waals surface area contributed by atoms with Gasteiger partial charge in [0.25, 0.3) is 5.69 Å². The number of amidine groups is 1. The molecule has 0 N–H and O–H groups in total. The topological polar surface area (TPSA) is 75.8 Å². The lowest BCUT2D eigenvalue weighted by molar-refractivity contribution is -0.384. The fourth-order valence-electron chi connectivity index (χ4n) is 1.96. The normalized spacial score (nSPS) is 17.8. The maximum atomic E-state index is 12.0. The highest BCUT2D eigenvalue weighted by Crippen LogP contribution is 2.38. The molecule has 1 fully saturated rings. The fourth-order valence-corrected chi connectivity index (χ4v) is 3.42. The molecule has 1 atom stereocenters. The Labute approximate surface area is 148 Å². The lowest BCUT2D eigenvalue weighted by Crippen LogP contribution is -2.33. The van der Waals surface area contributed by atoms with E-state index in [4.69, 9.17) is 23.2 Å². The molecule has 1 aromatic rings. The second-order valence-electron chi connectivity index (χ2n) is 5.22. The number of hydrogen-bond donors (Lipinski definition) is 0. The Hall–Kier alpha value is -1.31. The van der Waals surface area contributed by atoms with Crippen molar-refractivity contribution in [1.29, 1.82) is 0 Å². The Morgan fingerprint density at radius 2 is 2.04 bits per heavy atom. The molecule has 23 heavy (non-hydrogen) atoms. The molecule has 1 aliphatic rings. The van der Waals surface area contributed by atoms with Crippen molar-refractivity contribution >= 4 is 57.4 Å². The average Bonchev–Trinajstić information content (AvgIpc) is 2.83. The van der Waals surface area contributed by atoms with Gasteiger partial charge in [-0.15, -0.1) is 0 Å². The maximum absolute atomic E-state index is 12.0. The van der Waals surface area contributed by atoms with E-state index in [2.05, 4.69) is 18.8 Å². The van der Waals surface area contributed by atoms with Gasteiger partial charge in [-0.2, -0.15) is 0 Å². The van der Waals surface area contributed by atoms with Gasteiger partial charge in [0.05, 0.1) is 20.7 Å². The second-order valence-corrected chi connectivity index (χ2v) is 6.97. The van der Waals surface area contributed by atoms with Crippen LogP contribution in [-0.4, -0.2) is 33.2 Å². The number of hydrogen-bond acceptors (Lipinski definition) is 5. The third-order valence-electron chi connectivity index (χ3n) is 3.47. The number of nitrogens with zero attached hydrogens (tertiary/aromatic N) is 3. The maximum Gasteiger partial charge on any atom is 0.272 e. The summed E-state index contributed by atoms with van der Waals surface area (Å²) in [6.45, 7) is 4.68. The Balaban J connectivity index is 2.37. The van der Waals surface area contributed by atoms with Gasteiger partial charge < -0.3 is 0 Å². The van der Waals surface area contributed by atoms with Crippen LogP contribution >= 0.6 is 35.0 Å². The molecule has 1 saturated heterocycles. The molecule has 2 rings (SSSR count). The summed E-state index contributed by atoms with van der Waals surface area (Å²) in [7, 11) is 0. The van der Waals surface area contributed by atoms with Gasteiger partial charge >= 0.3 is 0 Å². The van der Waals surface area contributed by atoms with Gasteiger partial charge in [-0.1, -0.05) is 55.2 Å². The van der Waals surface area contributed by atoms with Crippen LogP contribution in [0.1, 0.15) is 20.3 Å². The molecule has 0 radical (unpaired) electrons. The van der Waals surface area contributed by atoms with Crippen molar-refractivity contribution in [2.24, 2.45) is 10.9 Å². The number of non-ortho nitro benzene ring substituents is 1. The van der Waals surface area contributed by atoms with Crippen molar-refractivity contribution in [3.8, 4) is 0 Å². The molecule has 0 bridgehead atoms. The number of benzene rings is 1. The van der Waals surface area contributed by atoms with Crippen LogP contribution in [0.3, 0.4) is 0 Å². The molecule has 0 aromatic heterocycles. The predicted octanol–water partition coefficient (Wildman–Crippen LogP) is 4.51. The van der Waals surface area contributed by atoms with Gasteiger partial charge in [0.15, 0.2) is 5.17 Å². The molecule has 0 spiro atoms. The highest BCUT2D eigenvalue weighted by atomic mass is 35.5. The van der Waals surface area contributed by atoms with Gasteiger partial charge in [0, 0.05) is 18.7 Å². The van der Waals surface area contributed by atoms with Crippen molar-refractivity contribution in [2.45, 2.75) is 20.3 Å². The van der Waals surface area contributed by atoms with Crippen LogP contribution < -0.4 is 0 Å². The van der Waals surface area contributed by atoms with E-state index in [0.29, 0.717) is 23.4 Å². The van der Waals surface area contributed by atoms with Gasteiger partial charge in [-0.05, 0) is 5.92 Å². The Bertz CT molecular complexity index is 658. The molecular weight excluding hydrogens is 361 g/mol. The molecule has 1 aromatic carbocycles. The van der Waals surface area contributed by atoms with E-state index < -0.39 is 4.92 Å². The summed E-state index contributed by atoms with van der Waals surface area (Å²) in [4.78, 5) is 28.2. The van der Waals surface area contributed by atoms with E-state index in [1.54, 1.807) is 4.90 Å². The first-order valence-corrected chi connectivity index (χ1v) is 8.73. The smallest absolute Gasteiger partial charge is 0.272 e. The first-order chi connectivity index (χ1) is 10.8. The quantitative estimate of drug-likeness (QED) is 0.560. The van der Waals surface area contributed by atoms with Crippen molar-refractivity contribution < 1.29 is 9.72 Å². The number of rotatable bonds is 5. The monoisotopic (exact) mass is 375 g/mol.